The smallest absolute Gasteiger partial charge is 0.265 e. The second-order valence-electron chi connectivity index (χ2n) is 5.82. The van der Waals surface area contributed by atoms with Crippen LogP contribution in [-0.2, 0) is 7.05 Å². The molecule has 0 fully saturated rings. The predicted molar refractivity (Wildman–Crippen MR) is 97.9 cm³/mol. The fraction of sp³-hybridized carbons (Fsp3) is 0.111. The average molecular weight is 332 g/mol. The third-order valence-electron chi connectivity index (χ3n) is 4.06. The number of hydrogen-bond acceptors (Lipinski definition) is 6. The highest BCUT2D eigenvalue weighted by molar-refractivity contribution is 6.04. The molecule has 2 aromatic heterocycles. The number of nitrogens with zero attached hydrogens (tertiary/aromatic N) is 5. The lowest BCUT2D eigenvalue weighted by Crippen LogP contribution is -2.00. The maximum Gasteiger partial charge on any atom is 0.265 e. The molecular weight excluding hydrogens is 316 g/mol. The zero-order valence-electron chi connectivity index (χ0n) is 13.8. The number of rotatable bonds is 3. The van der Waals surface area contributed by atoms with Gasteiger partial charge in [-0.25, -0.2) is 5.43 Å². The first kappa shape index (κ1) is 15.1. The number of phenolic OH excluding ortho intramolecular Hbond substituents is 1. The Morgan fingerprint density at radius 1 is 1.16 bits per heavy atom. The normalized spacial score (nSPS) is 11.6. The molecule has 124 valence electrons. The molecule has 0 saturated heterocycles. The van der Waals surface area contributed by atoms with E-state index in [2.05, 4.69) is 43.9 Å². The highest BCUT2D eigenvalue weighted by Gasteiger charge is 2.12. The van der Waals surface area contributed by atoms with Crippen molar-refractivity contribution < 1.29 is 5.11 Å². The molecule has 0 atom stereocenters. The number of anilines is 1. The lowest BCUT2D eigenvalue weighted by atomic mass is 10.2. The quantitative estimate of drug-likeness (QED) is 0.445. The lowest BCUT2D eigenvalue weighted by Gasteiger charge is -2.00. The summed E-state index contributed by atoms with van der Waals surface area (Å²) in [5, 5.41) is 23.2. The van der Waals surface area contributed by atoms with Gasteiger partial charge in [-0.2, -0.15) is 10.1 Å². The van der Waals surface area contributed by atoms with E-state index in [1.165, 1.54) is 6.21 Å². The molecule has 4 aromatic rings. The molecule has 0 aliphatic rings. The molecule has 4 rings (SSSR count). The van der Waals surface area contributed by atoms with Crippen LogP contribution in [0.15, 0.2) is 47.6 Å². The summed E-state index contributed by atoms with van der Waals surface area (Å²) in [6.07, 6.45) is 1.51. The van der Waals surface area contributed by atoms with Crippen molar-refractivity contribution in [3.8, 4) is 5.75 Å². The summed E-state index contributed by atoms with van der Waals surface area (Å²) in [4.78, 5) is 4.50. The van der Waals surface area contributed by atoms with Crippen molar-refractivity contribution in [3.63, 3.8) is 0 Å². The molecule has 7 nitrogen and oxygen atoms in total. The molecule has 25 heavy (non-hydrogen) atoms. The Balaban J connectivity index is 1.69. The number of para-hydroxylation sites is 1. The van der Waals surface area contributed by atoms with E-state index in [9.17, 15) is 5.11 Å². The van der Waals surface area contributed by atoms with Gasteiger partial charge in [-0.1, -0.05) is 23.8 Å². The van der Waals surface area contributed by atoms with Gasteiger partial charge < -0.3 is 9.67 Å². The van der Waals surface area contributed by atoms with Crippen LogP contribution in [0.3, 0.4) is 0 Å². The van der Waals surface area contributed by atoms with Crippen molar-refractivity contribution in [2.24, 2.45) is 12.1 Å². The van der Waals surface area contributed by atoms with E-state index in [0.29, 0.717) is 11.5 Å². The fourth-order valence-electron chi connectivity index (χ4n) is 2.78. The Labute approximate surface area is 143 Å². The molecule has 0 aliphatic heterocycles. The molecule has 2 N–H and O–H groups in total. The third-order valence-corrected chi connectivity index (χ3v) is 4.06. The zero-order valence-corrected chi connectivity index (χ0v) is 13.8. The van der Waals surface area contributed by atoms with E-state index < -0.39 is 0 Å². The maximum absolute atomic E-state index is 9.72. The Morgan fingerprint density at radius 2 is 2.00 bits per heavy atom. The number of nitrogens with one attached hydrogen (secondary N) is 1. The Bertz CT molecular complexity index is 1120. The molecule has 2 heterocycles. The summed E-state index contributed by atoms with van der Waals surface area (Å²) in [5.41, 5.74) is 7.07. The summed E-state index contributed by atoms with van der Waals surface area (Å²) >= 11 is 0. The minimum absolute atomic E-state index is 0.159. The van der Waals surface area contributed by atoms with E-state index in [1.54, 1.807) is 18.2 Å². The minimum atomic E-state index is 0.159. The second kappa shape index (κ2) is 5.86. The zero-order chi connectivity index (χ0) is 17.4. The number of fused-ring (bicyclic) bond motifs is 3. The van der Waals surface area contributed by atoms with Crippen molar-refractivity contribution >= 4 is 34.2 Å². The van der Waals surface area contributed by atoms with E-state index >= 15 is 0 Å². The standard InChI is InChI=1S/C18H16N6O/c1-11-7-8-14-13(9-11)16-17(24(14)2)20-18(23-21-16)22-19-10-12-5-3-4-6-15(12)25/h3-10,25H,1-2H3,(H,20,22,23)/b19-10+. The van der Waals surface area contributed by atoms with Gasteiger partial charge in [-0.05, 0) is 31.2 Å². The molecule has 0 unspecified atom stereocenters. The van der Waals surface area contributed by atoms with Gasteiger partial charge in [0.2, 0.25) is 0 Å². The number of benzene rings is 2. The molecule has 2 aromatic carbocycles. The van der Waals surface area contributed by atoms with E-state index in [-0.39, 0.29) is 5.75 Å². The predicted octanol–water partition coefficient (Wildman–Crippen LogP) is 2.98. The molecule has 0 spiro atoms. The van der Waals surface area contributed by atoms with Crippen molar-refractivity contribution in [1.29, 1.82) is 0 Å². The SMILES string of the molecule is Cc1ccc2c(c1)c1nnc(N/N=C/c3ccccc3O)nc1n2C. The molecule has 0 radical (unpaired) electrons. The largest absolute Gasteiger partial charge is 0.507 e. The van der Waals surface area contributed by atoms with Crippen LogP contribution in [0.5, 0.6) is 5.75 Å². The van der Waals surface area contributed by atoms with Gasteiger partial charge in [0.15, 0.2) is 5.65 Å². The molecule has 0 saturated carbocycles. The van der Waals surface area contributed by atoms with Gasteiger partial charge >= 0.3 is 0 Å². The van der Waals surface area contributed by atoms with E-state index in [0.717, 1.165) is 27.6 Å². The highest BCUT2D eigenvalue weighted by Crippen LogP contribution is 2.26. The summed E-state index contributed by atoms with van der Waals surface area (Å²) < 4.78 is 1.98. The van der Waals surface area contributed by atoms with Gasteiger partial charge in [-0.3, -0.25) is 0 Å². The lowest BCUT2D eigenvalue weighted by molar-refractivity contribution is 0.474. The van der Waals surface area contributed by atoms with Gasteiger partial charge in [0.05, 0.1) is 11.7 Å². The third kappa shape index (κ3) is 2.65. The van der Waals surface area contributed by atoms with Crippen molar-refractivity contribution in [2.75, 3.05) is 5.43 Å². The topological polar surface area (TPSA) is 88.2 Å². The average Bonchev–Trinajstić information content (AvgIpc) is 2.88. The van der Waals surface area contributed by atoms with Gasteiger partial charge in [0, 0.05) is 18.0 Å². The molecule has 0 bridgehead atoms. The van der Waals surface area contributed by atoms with Crippen LogP contribution in [0.4, 0.5) is 5.95 Å². The molecule has 0 aliphatic carbocycles. The minimum Gasteiger partial charge on any atom is -0.507 e. The van der Waals surface area contributed by atoms with Crippen LogP contribution >= 0.6 is 0 Å². The number of phenols is 1. The number of aromatic hydroxyl groups is 1. The van der Waals surface area contributed by atoms with Gasteiger partial charge in [0.1, 0.15) is 11.3 Å². The first-order chi connectivity index (χ1) is 12.1. The van der Waals surface area contributed by atoms with Crippen LogP contribution in [0.2, 0.25) is 0 Å². The first-order valence-corrected chi connectivity index (χ1v) is 7.80. The summed E-state index contributed by atoms with van der Waals surface area (Å²) in [6, 6.07) is 13.1. The van der Waals surface area contributed by atoms with Crippen LogP contribution in [0.25, 0.3) is 22.1 Å². The van der Waals surface area contributed by atoms with Crippen molar-refractivity contribution in [1.82, 2.24) is 19.7 Å². The monoisotopic (exact) mass is 332 g/mol. The summed E-state index contributed by atoms with van der Waals surface area (Å²) in [5.74, 6) is 0.452. The van der Waals surface area contributed by atoms with Crippen LogP contribution in [0, 0.1) is 6.92 Å². The number of hydrazone groups is 1. The van der Waals surface area contributed by atoms with Crippen LogP contribution in [0.1, 0.15) is 11.1 Å². The Morgan fingerprint density at radius 3 is 2.84 bits per heavy atom. The van der Waals surface area contributed by atoms with Crippen LogP contribution in [-0.4, -0.2) is 31.1 Å². The van der Waals surface area contributed by atoms with Crippen LogP contribution < -0.4 is 5.43 Å². The number of aryl methyl sites for hydroxylation is 2. The highest BCUT2D eigenvalue weighted by atomic mass is 16.3. The molecular formula is C18H16N6O. The van der Waals surface area contributed by atoms with E-state index in [4.69, 9.17) is 0 Å². The summed E-state index contributed by atoms with van der Waals surface area (Å²) in [6.45, 7) is 2.04. The van der Waals surface area contributed by atoms with Gasteiger partial charge in [0.25, 0.3) is 5.95 Å². The summed E-state index contributed by atoms with van der Waals surface area (Å²) in [7, 11) is 1.95. The number of aromatic nitrogens is 4. The maximum atomic E-state index is 9.72. The molecule has 0 amide bonds. The number of hydrogen-bond donors (Lipinski definition) is 2. The second-order valence-corrected chi connectivity index (χ2v) is 5.82. The van der Waals surface area contributed by atoms with E-state index in [1.807, 2.05) is 24.6 Å². The Hall–Kier alpha value is -3.48. The van der Waals surface area contributed by atoms with Crippen molar-refractivity contribution in [2.45, 2.75) is 6.92 Å². The van der Waals surface area contributed by atoms with Gasteiger partial charge in [-0.15, -0.1) is 10.2 Å². The van der Waals surface area contributed by atoms with Crippen molar-refractivity contribution in [3.05, 3.63) is 53.6 Å². The Kier molecular flexibility index (Phi) is 3.53. The fourth-order valence-corrected chi connectivity index (χ4v) is 2.78. The first-order valence-electron chi connectivity index (χ1n) is 7.80. The molecule has 7 heteroatoms.